The number of methoxy groups -OCH3 is 1. The molecule has 2 aromatic rings. The van der Waals surface area contributed by atoms with E-state index >= 15 is 0 Å². The van der Waals surface area contributed by atoms with Gasteiger partial charge in [-0.25, -0.2) is 9.59 Å². The molecule has 0 unspecified atom stereocenters. The fourth-order valence-electron chi connectivity index (χ4n) is 3.14. The lowest BCUT2D eigenvalue weighted by Gasteiger charge is -2.19. The number of carboxylic acids is 1. The average molecular weight is 598 g/mol. The normalized spacial score (nSPS) is 10.4. The summed E-state index contributed by atoms with van der Waals surface area (Å²) in [6.07, 6.45) is 0. The summed E-state index contributed by atoms with van der Waals surface area (Å²) >= 11 is 9.81. The first-order valence-electron chi connectivity index (χ1n) is 9.98. The summed E-state index contributed by atoms with van der Waals surface area (Å²) in [5, 5.41) is 11.2. The number of carbonyl (C=O) groups is 2. The molecular formula is C21H30Br2N2O4S2. The topological polar surface area (TPSA) is 70.1 Å². The Hall–Kier alpha value is -1.10. The largest absolute Gasteiger partial charge is 0.478 e. The molecule has 0 saturated carbocycles. The van der Waals surface area contributed by atoms with Crippen LogP contribution in [0.3, 0.4) is 0 Å². The third-order valence-corrected chi connectivity index (χ3v) is 8.91. The van der Waals surface area contributed by atoms with Crippen molar-refractivity contribution in [3.05, 3.63) is 29.8 Å². The summed E-state index contributed by atoms with van der Waals surface area (Å²) in [5.41, 5.74) is 2.88. The van der Waals surface area contributed by atoms with Crippen LogP contribution in [0, 0.1) is 13.8 Å². The van der Waals surface area contributed by atoms with Crippen LogP contribution < -0.4 is 9.80 Å². The summed E-state index contributed by atoms with van der Waals surface area (Å²) in [5.74, 6) is -1.15. The number of anilines is 2. The highest BCUT2D eigenvalue weighted by molar-refractivity contribution is 9.11. The minimum atomic E-state index is -0.867. The van der Waals surface area contributed by atoms with Crippen molar-refractivity contribution >= 4 is 76.5 Å². The maximum atomic E-state index is 11.6. The van der Waals surface area contributed by atoms with E-state index in [1.807, 2.05) is 13.8 Å². The number of carbonyl (C=O) groups excluding carboxylic acids is 1. The van der Waals surface area contributed by atoms with Crippen molar-refractivity contribution in [1.82, 2.24) is 0 Å². The number of esters is 1. The molecule has 2 rings (SSSR count). The maximum Gasteiger partial charge on any atom is 0.340 e. The van der Waals surface area contributed by atoms with Crippen LogP contribution in [0.1, 0.15) is 59.5 Å². The standard InChI is InChI=1S/C11H16BrNO2S.C10H14BrNO2S/c1-5-13(6-2)10-7(3)8(9(12)16-10)11(14)15-4;1-4-12(5-2)9-6(3)7(10(13)14)8(11)15-9/h5-6H2,1-4H3;4-5H2,1-3H3,(H,13,14). The second-order valence-electron chi connectivity index (χ2n) is 6.50. The minimum Gasteiger partial charge on any atom is -0.478 e. The van der Waals surface area contributed by atoms with Crippen LogP contribution in [0.25, 0.3) is 0 Å². The van der Waals surface area contributed by atoms with Crippen molar-refractivity contribution in [1.29, 1.82) is 0 Å². The Morgan fingerprint density at radius 3 is 1.48 bits per heavy atom. The van der Waals surface area contributed by atoms with Gasteiger partial charge in [0.05, 0.1) is 35.8 Å². The monoisotopic (exact) mass is 596 g/mol. The molecule has 31 heavy (non-hydrogen) atoms. The van der Waals surface area contributed by atoms with Gasteiger partial charge in [0.2, 0.25) is 0 Å². The summed E-state index contributed by atoms with van der Waals surface area (Å²) < 4.78 is 6.33. The van der Waals surface area contributed by atoms with Gasteiger partial charge in [-0.3, -0.25) is 0 Å². The lowest BCUT2D eigenvalue weighted by atomic mass is 10.2. The van der Waals surface area contributed by atoms with Gasteiger partial charge in [-0.2, -0.15) is 0 Å². The van der Waals surface area contributed by atoms with Crippen LogP contribution in [-0.2, 0) is 4.74 Å². The van der Waals surface area contributed by atoms with Crippen molar-refractivity contribution in [2.45, 2.75) is 41.5 Å². The zero-order chi connectivity index (χ0) is 23.9. The minimum absolute atomic E-state index is 0.279. The second kappa shape index (κ2) is 12.8. The zero-order valence-electron chi connectivity index (χ0n) is 19.0. The van der Waals surface area contributed by atoms with E-state index in [0.29, 0.717) is 14.9 Å². The van der Waals surface area contributed by atoms with Crippen molar-refractivity contribution in [2.75, 3.05) is 43.1 Å². The van der Waals surface area contributed by atoms with Crippen LogP contribution >= 0.6 is 54.5 Å². The molecule has 0 fully saturated rings. The Balaban J connectivity index is 0.000000311. The van der Waals surface area contributed by atoms with E-state index in [1.165, 1.54) is 18.4 Å². The van der Waals surface area contributed by atoms with Crippen LogP contribution in [0.2, 0.25) is 0 Å². The van der Waals surface area contributed by atoms with Crippen LogP contribution in [0.4, 0.5) is 10.0 Å². The van der Waals surface area contributed by atoms with E-state index in [4.69, 9.17) is 9.84 Å². The number of hydrogen-bond donors (Lipinski definition) is 1. The smallest absolute Gasteiger partial charge is 0.340 e. The average Bonchev–Trinajstić information content (AvgIpc) is 3.19. The van der Waals surface area contributed by atoms with Gasteiger partial charge in [0, 0.05) is 26.2 Å². The summed E-state index contributed by atoms with van der Waals surface area (Å²) in [6.45, 7) is 15.8. The van der Waals surface area contributed by atoms with E-state index in [0.717, 1.165) is 51.1 Å². The van der Waals surface area contributed by atoms with E-state index in [2.05, 4.69) is 69.4 Å². The molecule has 6 nitrogen and oxygen atoms in total. The first-order chi connectivity index (χ1) is 14.6. The summed E-state index contributed by atoms with van der Waals surface area (Å²) in [7, 11) is 1.41. The first-order valence-corrected chi connectivity index (χ1v) is 13.2. The number of thiophene rings is 2. The number of rotatable bonds is 8. The SMILES string of the molecule is CCN(CC)c1sc(Br)c(C(=O)O)c1C.CCN(CC)c1sc(Br)c(C(=O)OC)c1C. The highest BCUT2D eigenvalue weighted by Gasteiger charge is 2.22. The van der Waals surface area contributed by atoms with Gasteiger partial charge in [0.1, 0.15) is 0 Å². The van der Waals surface area contributed by atoms with Crippen molar-refractivity contribution in [3.63, 3.8) is 0 Å². The Morgan fingerprint density at radius 1 is 0.839 bits per heavy atom. The van der Waals surface area contributed by atoms with Crippen molar-refractivity contribution in [2.24, 2.45) is 0 Å². The van der Waals surface area contributed by atoms with Gasteiger partial charge >= 0.3 is 11.9 Å². The Morgan fingerprint density at radius 2 is 1.19 bits per heavy atom. The van der Waals surface area contributed by atoms with Gasteiger partial charge in [-0.15, -0.1) is 22.7 Å². The molecule has 0 spiro atoms. The third-order valence-electron chi connectivity index (χ3n) is 4.86. The lowest BCUT2D eigenvalue weighted by Crippen LogP contribution is -2.21. The Bertz CT molecular complexity index is 904. The molecule has 0 bridgehead atoms. The molecule has 174 valence electrons. The third kappa shape index (κ3) is 6.46. The lowest BCUT2D eigenvalue weighted by molar-refractivity contribution is 0.0598. The fourth-order valence-corrected chi connectivity index (χ4v) is 7.29. The molecule has 0 aliphatic rings. The number of carboxylic acid groups (broad SMARTS) is 1. The van der Waals surface area contributed by atoms with E-state index < -0.39 is 5.97 Å². The highest BCUT2D eigenvalue weighted by Crippen LogP contribution is 2.40. The van der Waals surface area contributed by atoms with E-state index in [-0.39, 0.29) is 5.97 Å². The molecule has 2 heterocycles. The maximum absolute atomic E-state index is 11.6. The molecule has 0 atom stereocenters. The number of halogens is 2. The molecule has 2 aromatic heterocycles. The number of hydrogen-bond acceptors (Lipinski definition) is 7. The predicted octanol–water partition coefficient (Wildman–Crippen LogP) is 6.82. The molecule has 0 radical (unpaired) electrons. The molecule has 0 amide bonds. The van der Waals surface area contributed by atoms with Crippen LogP contribution in [-0.4, -0.2) is 50.3 Å². The molecule has 1 N–H and O–H groups in total. The predicted molar refractivity (Wildman–Crippen MR) is 139 cm³/mol. The van der Waals surface area contributed by atoms with Crippen molar-refractivity contribution < 1.29 is 19.4 Å². The van der Waals surface area contributed by atoms with Gasteiger partial charge in [0.15, 0.2) is 0 Å². The van der Waals surface area contributed by atoms with Gasteiger partial charge in [-0.1, -0.05) is 0 Å². The fraction of sp³-hybridized carbons (Fsp3) is 0.524. The molecule has 0 aliphatic heterocycles. The number of aromatic carboxylic acids is 1. The number of ether oxygens (including phenoxy) is 1. The second-order valence-corrected chi connectivity index (χ2v) is 11.1. The van der Waals surface area contributed by atoms with E-state index in [1.54, 1.807) is 11.3 Å². The Labute approximate surface area is 209 Å². The summed E-state index contributed by atoms with van der Waals surface area (Å²) in [4.78, 5) is 27.0. The highest BCUT2D eigenvalue weighted by atomic mass is 79.9. The van der Waals surface area contributed by atoms with Gasteiger partial charge < -0.3 is 19.6 Å². The van der Waals surface area contributed by atoms with Crippen LogP contribution in [0.5, 0.6) is 0 Å². The van der Waals surface area contributed by atoms with Gasteiger partial charge in [-0.05, 0) is 84.5 Å². The Kier molecular flexibility index (Phi) is 11.5. The molecule has 0 saturated heterocycles. The van der Waals surface area contributed by atoms with E-state index in [9.17, 15) is 9.59 Å². The van der Waals surface area contributed by atoms with Crippen LogP contribution in [0.15, 0.2) is 7.57 Å². The zero-order valence-corrected chi connectivity index (χ0v) is 23.8. The molecule has 0 aromatic carbocycles. The van der Waals surface area contributed by atoms with Gasteiger partial charge in [0.25, 0.3) is 0 Å². The quantitative estimate of drug-likeness (QED) is 0.337. The van der Waals surface area contributed by atoms with Crippen molar-refractivity contribution in [3.8, 4) is 0 Å². The number of nitrogens with zero attached hydrogens (tertiary/aromatic N) is 2. The summed E-state index contributed by atoms with van der Waals surface area (Å²) in [6, 6.07) is 0. The molecular weight excluding hydrogens is 568 g/mol. The first kappa shape index (κ1) is 27.9. The molecule has 0 aliphatic carbocycles. The molecule has 10 heteroatoms.